The molecule has 0 unspecified atom stereocenters. The van der Waals surface area contributed by atoms with E-state index in [1.54, 1.807) is 18.2 Å². The number of benzene rings is 1. The molecule has 0 radical (unpaired) electrons. The number of carbonyl (C=O) groups is 1. The molecule has 2 N–H and O–H groups in total. The zero-order valence-corrected chi connectivity index (χ0v) is 13.9. The molecule has 6 heteroatoms. The van der Waals surface area contributed by atoms with Crippen LogP contribution in [0, 0.1) is 5.41 Å². The molecule has 1 amide bonds. The summed E-state index contributed by atoms with van der Waals surface area (Å²) in [7, 11) is 0. The van der Waals surface area contributed by atoms with Crippen molar-refractivity contribution in [3.63, 3.8) is 0 Å². The summed E-state index contributed by atoms with van der Waals surface area (Å²) >= 11 is 7.12. The number of hydrogen-bond acceptors (Lipinski definition) is 4. The van der Waals surface area contributed by atoms with E-state index >= 15 is 0 Å². The molecule has 114 valence electrons. The van der Waals surface area contributed by atoms with E-state index in [0.717, 1.165) is 11.1 Å². The van der Waals surface area contributed by atoms with Gasteiger partial charge in [0.05, 0.1) is 17.8 Å². The van der Waals surface area contributed by atoms with Crippen LogP contribution in [0.1, 0.15) is 12.5 Å². The van der Waals surface area contributed by atoms with E-state index in [0.29, 0.717) is 16.4 Å². The molecule has 0 fully saturated rings. The first-order valence-corrected chi connectivity index (χ1v) is 8.21. The molecule has 0 saturated heterocycles. The summed E-state index contributed by atoms with van der Waals surface area (Å²) in [5, 5.41) is 11.6. The molecule has 0 heterocycles. The number of halogens is 1. The highest BCUT2D eigenvalue weighted by Crippen LogP contribution is 2.15. The molecule has 1 aromatic carbocycles. The van der Waals surface area contributed by atoms with Gasteiger partial charge in [-0.25, -0.2) is 4.40 Å². The standard InChI is InChI=1S/C16H16ClN3OS/c1-10-3-8-13(20-22-2)15(18)16(10)19-14(21)9-11-4-6-12(17)7-5-11/h3-8,18H,9H2,1-2H3,(H,19,21)/b18-15?,20-13-. The first kappa shape index (κ1) is 16.5. The van der Waals surface area contributed by atoms with Gasteiger partial charge in [0.15, 0.2) is 0 Å². The molecule has 1 aliphatic carbocycles. The van der Waals surface area contributed by atoms with E-state index in [-0.39, 0.29) is 18.0 Å². The van der Waals surface area contributed by atoms with Gasteiger partial charge in [0.1, 0.15) is 5.71 Å². The monoisotopic (exact) mass is 333 g/mol. The van der Waals surface area contributed by atoms with Crippen molar-refractivity contribution in [1.82, 2.24) is 5.32 Å². The van der Waals surface area contributed by atoms with E-state index in [1.165, 1.54) is 11.9 Å². The van der Waals surface area contributed by atoms with Crippen molar-refractivity contribution in [3.8, 4) is 0 Å². The van der Waals surface area contributed by atoms with Gasteiger partial charge in [-0.2, -0.15) is 0 Å². The molecule has 0 aliphatic heterocycles. The van der Waals surface area contributed by atoms with Crippen molar-refractivity contribution in [3.05, 3.63) is 58.3 Å². The summed E-state index contributed by atoms with van der Waals surface area (Å²) in [4.78, 5) is 12.2. The van der Waals surface area contributed by atoms with E-state index in [9.17, 15) is 4.79 Å². The predicted octanol–water partition coefficient (Wildman–Crippen LogP) is 3.58. The van der Waals surface area contributed by atoms with Gasteiger partial charge in [-0.1, -0.05) is 29.8 Å². The number of amides is 1. The Morgan fingerprint density at radius 2 is 2.00 bits per heavy atom. The molecule has 2 rings (SSSR count). The topological polar surface area (TPSA) is 65.3 Å². The quantitative estimate of drug-likeness (QED) is 0.653. The van der Waals surface area contributed by atoms with E-state index in [2.05, 4.69) is 9.71 Å². The maximum absolute atomic E-state index is 12.2. The molecule has 0 atom stereocenters. The Morgan fingerprint density at radius 3 is 2.64 bits per heavy atom. The number of allylic oxidation sites excluding steroid dienone is 4. The number of hydrogen-bond donors (Lipinski definition) is 2. The molecule has 0 saturated carbocycles. The van der Waals surface area contributed by atoms with E-state index in [4.69, 9.17) is 17.0 Å². The predicted molar refractivity (Wildman–Crippen MR) is 93.8 cm³/mol. The summed E-state index contributed by atoms with van der Waals surface area (Å²) in [5.41, 5.74) is 3.01. The molecular formula is C16H16ClN3OS. The van der Waals surface area contributed by atoms with Gasteiger partial charge in [-0.15, -0.1) is 0 Å². The molecule has 1 aliphatic rings. The molecule has 0 aromatic heterocycles. The highest BCUT2D eigenvalue weighted by Gasteiger charge is 2.19. The highest BCUT2D eigenvalue weighted by molar-refractivity contribution is 7.97. The Kier molecular flexibility index (Phi) is 5.57. The molecule has 1 aromatic rings. The van der Waals surface area contributed by atoms with Crippen molar-refractivity contribution >= 4 is 40.9 Å². The third-order valence-electron chi connectivity index (χ3n) is 3.12. The Bertz CT molecular complexity index is 690. The maximum atomic E-state index is 12.2. The summed E-state index contributed by atoms with van der Waals surface area (Å²) in [6, 6.07) is 7.14. The van der Waals surface area contributed by atoms with Crippen molar-refractivity contribution in [2.45, 2.75) is 13.3 Å². The van der Waals surface area contributed by atoms with Crippen molar-refractivity contribution in [1.29, 1.82) is 5.41 Å². The number of rotatable bonds is 4. The third-order valence-corrected chi connectivity index (χ3v) is 3.75. The lowest BCUT2D eigenvalue weighted by atomic mass is 10.0. The summed E-state index contributed by atoms with van der Waals surface area (Å²) in [5.74, 6) is -0.166. The van der Waals surface area contributed by atoms with Gasteiger partial charge in [0, 0.05) is 11.3 Å². The van der Waals surface area contributed by atoms with Gasteiger partial charge in [-0.05, 0) is 48.2 Å². The first-order valence-electron chi connectivity index (χ1n) is 6.65. The van der Waals surface area contributed by atoms with Crippen LogP contribution in [0.5, 0.6) is 0 Å². The zero-order valence-electron chi connectivity index (χ0n) is 12.3. The van der Waals surface area contributed by atoms with E-state index < -0.39 is 0 Å². The first-order chi connectivity index (χ1) is 10.5. The second kappa shape index (κ2) is 7.42. The van der Waals surface area contributed by atoms with Crippen molar-refractivity contribution < 1.29 is 4.79 Å². The molecule has 0 bridgehead atoms. The van der Waals surface area contributed by atoms with Crippen LogP contribution in [0.15, 0.2) is 52.1 Å². The average Bonchev–Trinajstić information content (AvgIpc) is 2.49. The van der Waals surface area contributed by atoms with Crippen molar-refractivity contribution in [2.24, 2.45) is 4.40 Å². The van der Waals surface area contributed by atoms with Crippen molar-refractivity contribution in [2.75, 3.05) is 6.26 Å². The SMILES string of the molecule is CS/N=C1/C=CC(C)=C(NC(=O)Cc2ccc(Cl)cc2)C1=N. The molecule has 4 nitrogen and oxygen atoms in total. The Morgan fingerprint density at radius 1 is 1.32 bits per heavy atom. The largest absolute Gasteiger partial charge is 0.324 e. The number of nitrogens with one attached hydrogen (secondary N) is 2. The Labute approximate surface area is 139 Å². The fourth-order valence-electron chi connectivity index (χ4n) is 2.00. The summed E-state index contributed by atoms with van der Waals surface area (Å²) in [6.45, 7) is 1.86. The van der Waals surface area contributed by atoms with Crippen LogP contribution >= 0.6 is 23.5 Å². The third kappa shape index (κ3) is 4.08. The zero-order chi connectivity index (χ0) is 16.1. The second-order valence-electron chi connectivity index (χ2n) is 4.78. The number of carbonyl (C=O) groups excluding carboxylic acids is 1. The highest BCUT2D eigenvalue weighted by atomic mass is 35.5. The van der Waals surface area contributed by atoms with Crippen LogP contribution < -0.4 is 5.32 Å². The fourth-order valence-corrected chi connectivity index (χ4v) is 2.48. The smallest absolute Gasteiger partial charge is 0.228 e. The summed E-state index contributed by atoms with van der Waals surface area (Å²) in [6.07, 6.45) is 5.70. The van der Waals surface area contributed by atoms with Crippen LogP contribution in [-0.2, 0) is 11.2 Å². The minimum Gasteiger partial charge on any atom is -0.324 e. The van der Waals surface area contributed by atoms with E-state index in [1.807, 2.05) is 31.4 Å². The average molecular weight is 334 g/mol. The van der Waals surface area contributed by atoms with Crippen LogP contribution in [0.3, 0.4) is 0 Å². The summed E-state index contributed by atoms with van der Waals surface area (Å²) < 4.78 is 4.17. The lowest BCUT2D eigenvalue weighted by Crippen LogP contribution is -2.33. The molecule has 0 spiro atoms. The minimum absolute atomic E-state index is 0.166. The van der Waals surface area contributed by atoms with Gasteiger partial charge in [-0.3, -0.25) is 10.2 Å². The van der Waals surface area contributed by atoms with Crippen LogP contribution in [0.4, 0.5) is 0 Å². The van der Waals surface area contributed by atoms with Crippen LogP contribution in [-0.4, -0.2) is 23.6 Å². The van der Waals surface area contributed by atoms with Gasteiger partial charge >= 0.3 is 0 Å². The maximum Gasteiger partial charge on any atom is 0.228 e. The minimum atomic E-state index is -0.166. The number of nitrogens with zero attached hydrogens (tertiary/aromatic N) is 1. The molecule has 22 heavy (non-hydrogen) atoms. The van der Waals surface area contributed by atoms with Crippen LogP contribution in [0.25, 0.3) is 0 Å². The Hall–Kier alpha value is -1.85. The van der Waals surface area contributed by atoms with Gasteiger partial charge < -0.3 is 5.32 Å². The lowest BCUT2D eigenvalue weighted by molar-refractivity contribution is -0.119. The Balaban J connectivity index is 2.10. The van der Waals surface area contributed by atoms with Crippen LogP contribution in [0.2, 0.25) is 5.02 Å². The second-order valence-corrected chi connectivity index (χ2v) is 5.76. The molecular weight excluding hydrogens is 318 g/mol. The van der Waals surface area contributed by atoms with Gasteiger partial charge in [0.25, 0.3) is 0 Å². The normalized spacial score (nSPS) is 16.3. The fraction of sp³-hybridized carbons (Fsp3) is 0.188. The van der Waals surface area contributed by atoms with Gasteiger partial charge in [0.2, 0.25) is 5.91 Å². The lowest BCUT2D eigenvalue weighted by Gasteiger charge is -2.17.